The van der Waals surface area contributed by atoms with Crippen LogP contribution in [0.5, 0.6) is 5.75 Å². The van der Waals surface area contributed by atoms with Crippen molar-refractivity contribution in [2.24, 2.45) is 0 Å². The molecule has 0 saturated carbocycles. The fourth-order valence-corrected chi connectivity index (χ4v) is 2.37. The number of hydrogen-bond acceptors (Lipinski definition) is 3. The lowest BCUT2D eigenvalue weighted by atomic mass is 10.2. The molecule has 1 fully saturated rings. The maximum absolute atomic E-state index is 12.0. The number of rotatable bonds is 7. The van der Waals surface area contributed by atoms with Gasteiger partial charge in [0.05, 0.1) is 13.2 Å². The van der Waals surface area contributed by atoms with Gasteiger partial charge in [0.1, 0.15) is 5.75 Å². The molecular formula is C17H24N2O3. The maximum atomic E-state index is 12.0. The zero-order chi connectivity index (χ0) is 15.8. The third kappa shape index (κ3) is 4.76. The first-order valence-corrected chi connectivity index (χ1v) is 7.99. The molecule has 1 aliphatic heterocycles. The molecule has 0 bridgehead atoms. The van der Waals surface area contributed by atoms with Gasteiger partial charge in [0, 0.05) is 18.7 Å². The number of ether oxygens (including phenoxy) is 1. The summed E-state index contributed by atoms with van der Waals surface area (Å²) in [6.45, 7) is 4.47. The summed E-state index contributed by atoms with van der Waals surface area (Å²) in [5.41, 5.74) is 0.539. The van der Waals surface area contributed by atoms with Crippen molar-refractivity contribution in [1.29, 1.82) is 0 Å². The molecule has 1 aromatic rings. The molecule has 5 heteroatoms. The Morgan fingerprint density at radius 1 is 1.18 bits per heavy atom. The van der Waals surface area contributed by atoms with Crippen molar-refractivity contribution in [3.8, 4) is 5.75 Å². The second kappa shape index (κ2) is 8.41. The second-order valence-corrected chi connectivity index (χ2v) is 5.50. The normalized spacial score (nSPS) is 14.0. The molecule has 0 spiro atoms. The van der Waals surface area contributed by atoms with E-state index < -0.39 is 0 Å². The number of carbonyl (C=O) groups excluding carboxylic acids is 2. The largest absolute Gasteiger partial charge is 0.494 e. The first-order chi connectivity index (χ1) is 10.7. The van der Waals surface area contributed by atoms with Gasteiger partial charge in [0.25, 0.3) is 5.91 Å². The van der Waals surface area contributed by atoms with Gasteiger partial charge in [-0.15, -0.1) is 0 Å². The number of nitrogens with one attached hydrogen (secondary N) is 1. The molecule has 0 aromatic heterocycles. The maximum Gasteiger partial charge on any atom is 0.251 e. The zero-order valence-corrected chi connectivity index (χ0v) is 13.1. The van der Waals surface area contributed by atoms with E-state index in [0.717, 1.165) is 44.5 Å². The lowest BCUT2D eigenvalue weighted by Gasteiger charge is -2.15. The van der Waals surface area contributed by atoms with Crippen molar-refractivity contribution >= 4 is 11.8 Å². The SMILES string of the molecule is CCCCOc1ccc(C(=O)NCC(=O)N2CCCC2)cc1. The number of amides is 2. The average Bonchev–Trinajstić information content (AvgIpc) is 3.08. The molecule has 1 aliphatic rings. The molecule has 1 saturated heterocycles. The third-order valence-corrected chi connectivity index (χ3v) is 3.74. The first-order valence-electron chi connectivity index (χ1n) is 7.99. The van der Waals surface area contributed by atoms with Crippen LogP contribution >= 0.6 is 0 Å². The summed E-state index contributed by atoms with van der Waals surface area (Å²) in [6.07, 6.45) is 4.21. The van der Waals surface area contributed by atoms with Gasteiger partial charge < -0.3 is 15.0 Å². The van der Waals surface area contributed by atoms with Crippen LogP contribution in [0.15, 0.2) is 24.3 Å². The summed E-state index contributed by atoms with van der Waals surface area (Å²) < 4.78 is 5.55. The number of carbonyl (C=O) groups is 2. The van der Waals surface area contributed by atoms with E-state index in [1.165, 1.54) is 0 Å². The quantitative estimate of drug-likeness (QED) is 0.786. The van der Waals surface area contributed by atoms with E-state index in [1.54, 1.807) is 29.2 Å². The predicted molar refractivity (Wildman–Crippen MR) is 85.0 cm³/mol. The number of unbranched alkanes of at least 4 members (excludes halogenated alkanes) is 1. The smallest absolute Gasteiger partial charge is 0.251 e. The fourth-order valence-electron chi connectivity index (χ4n) is 2.37. The number of hydrogen-bond donors (Lipinski definition) is 1. The van der Waals surface area contributed by atoms with Crippen molar-refractivity contribution in [1.82, 2.24) is 10.2 Å². The van der Waals surface area contributed by atoms with Crippen LogP contribution in [-0.4, -0.2) is 43.0 Å². The topological polar surface area (TPSA) is 58.6 Å². The molecular weight excluding hydrogens is 280 g/mol. The molecule has 2 amide bonds. The zero-order valence-electron chi connectivity index (χ0n) is 13.1. The van der Waals surface area contributed by atoms with E-state index in [1.807, 2.05) is 0 Å². The summed E-state index contributed by atoms with van der Waals surface area (Å²) in [4.78, 5) is 25.7. The van der Waals surface area contributed by atoms with E-state index in [2.05, 4.69) is 12.2 Å². The summed E-state index contributed by atoms with van der Waals surface area (Å²) in [5.74, 6) is 0.524. The van der Waals surface area contributed by atoms with Crippen molar-refractivity contribution in [2.75, 3.05) is 26.2 Å². The Balaban J connectivity index is 1.78. The molecule has 0 unspecified atom stereocenters. The van der Waals surface area contributed by atoms with Crippen molar-refractivity contribution < 1.29 is 14.3 Å². The van der Waals surface area contributed by atoms with Gasteiger partial charge in [-0.1, -0.05) is 13.3 Å². The van der Waals surface area contributed by atoms with Crippen molar-refractivity contribution in [3.63, 3.8) is 0 Å². The monoisotopic (exact) mass is 304 g/mol. The van der Waals surface area contributed by atoms with Crippen LogP contribution < -0.4 is 10.1 Å². The minimum absolute atomic E-state index is 0.00892. The highest BCUT2D eigenvalue weighted by atomic mass is 16.5. The minimum Gasteiger partial charge on any atom is -0.494 e. The van der Waals surface area contributed by atoms with E-state index >= 15 is 0 Å². The van der Waals surface area contributed by atoms with Gasteiger partial charge in [-0.25, -0.2) is 0 Å². The number of benzene rings is 1. The van der Waals surface area contributed by atoms with E-state index in [-0.39, 0.29) is 18.4 Å². The molecule has 0 radical (unpaired) electrons. The first kappa shape index (κ1) is 16.3. The molecule has 2 rings (SSSR count). The third-order valence-electron chi connectivity index (χ3n) is 3.74. The summed E-state index contributed by atoms with van der Waals surface area (Å²) in [7, 11) is 0. The van der Waals surface area contributed by atoms with Gasteiger partial charge in [-0.05, 0) is 43.5 Å². The van der Waals surface area contributed by atoms with Crippen LogP contribution in [0.4, 0.5) is 0 Å². The molecule has 120 valence electrons. The summed E-state index contributed by atoms with van der Waals surface area (Å²) >= 11 is 0. The van der Waals surface area contributed by atoms with Crippen LogP contribution in [0.1, 0.15) is 43.0 Å². The molecule has 0 aliphatic carbocycles. The second-order valence-electron chi connectivity index (χ2n) is 5.50. The van der Waals surface area contributed by atoms with E-state index in [0.29, 0.717) is 12.2 Å². The van der Waals surface area contributed by atoms with E-state index in [9.17, 15) is 9.59 Å². The Morgan fingerprint density at radius 3 is 2.50 bits per heavy atom. The lowest BCUT2D eigenvalue weighted by Crippen LogP contribution is -2.38. The van der Waals surface area contributed by atoms with Crippen LogP contribution in [0, 0.1) is 0 Å². The van der Waals surface area contributed by atoms with Crippen LogP contribution in [0.25, 0.3) is 0 Å². The van der Waals surface area contributed by atoms with E-state index in [4.69, 9.17) is 4.74 Å². The van der Waals surface area contributed by atoms with Gasteiger partial charge in [-0.2, -0.15) is 0 Å². The van der Waals surface area contributed by atoms with Gasteiger partial charge >= 0.3 is 0 Å². The van der Waals surface area contributed by atoms with Crippen molar-refractivity contribution in [2.45, 2.75) is 32.6 Å². The molecule has 0 atom stereocenters. The summed E-state index contributed by atoms with van der Waals surface area (Å²) in [5, 5.41) is 2.68. The Labute approximate surface area is 131 Å². The van der Waals surface area contributed by atoms with Crippen molar-refractivity contribution in [3.05, 3.63) is 29.8 Å². The molecule has 1 heterocycles. The van der Waals surface area contributed by atoms with Gasteiger partial charge in [0.2, 0.25) is 5.91 Å². The standard InChI is InChI=1S/C17H24N2O3/c1-2-3-12-22-15-8-6-14(7-9-15)17(21)18-13-16(20)19-10-4-5-11-19/h6-9H,2-5,10-13H2,1H3,(H,18,21). The Hall–Kier alpha value is -2.04. The number of nitrogens with zero attached hydrogens (tertiary/aromatic N) is 1. The van der Waals surface area contributed by atoms with Gasteiger partial charge in [-0.3, -0.25) is 9.59 Å². The van der Waals surface area contributed by atoms with Gasteiger partial charge in [0.15, 0.2) is 0 Å². The summed E-state index contributed by atoms with van der Waals surface area (Å²) in [6, 6.07) is 7.01. The highest BCUT2D eigenvalue weighted by Gasteiger charge is 2.18. The Morgan fingerprint density at radius 2 is 1.86 bits per heavy atom. The number of likely N-dealkylation sites (tertiary alicyclic amines) is 1. The van der Waals surface area contributed by atoms with Crippen LogP contribution in [-0.2, 0) is 4.79 Å². The molecule has 5 nitrogen and oxygen atoms in total. The average molecular weight is 304 g/mol. The Bertz CT molecular complexity index is 493. The Kier molecular flexibility index (Phi) is 6.25. The molecule has 1 aromatic carbocycles. The fraction of sp³-hybridized carbons (Fsp3) is 0.529. The van der Waals surface area contributed by atoms with Crippen LogP contribution in [0.3, 0.4) is 0 Å². The lowest BCUT2D eigenvalue weighted by molar-refractivity contribution is -0.129. The minimum atomic E-state index is -0.229. The highest BCUT2D eigenvalue weighted by Crippen LogP contribution is 2.13. The highest BCUT2D eigenvalue weighted by molar-refractivity contribution is 5.96. The predicted octanol–water partition coefficient (Wildman–Crippen LogP) is 2.22. The van der Waals surface area contributed by atoms with Crippen LogP contribution in [0.2, 0.25) is 0 Å². The molecule has 22 heavy (non-hydrogen) atoms. The molecule has 1 N–H and O–H groups in total.